The van der Waals surface area contributed by atoms with Crippen molar-refractivity contribution in [2.24, 2.45) is 11.3 Å². The molecule has 1 aliphatic carbocycles. The number of hydrogen-bond acceptors (Lipinski definition) is 8. The molecule has 2 fully saturated rings. The van der Waals surface area contributed by atoms with Crippen LogP contribution in [0.4, 0.5) is 17.1 Å². The Morgan fingerprint density at radius 3 is 2.50 bits per heavy atom. The van der Waals surface area contributed by atoms with Crippen molar-refractivity contribution >= 4 is 45.5 Å². The predicted octanol–water partition coefficient (Wildman–Crippen LogP) is 8.85. The lowest BCUT2D eigenvalue weighted by molar-refractivity contribution is -0.111. The molecule has 3 N–H and O–H groups in total. The van der Waals surface area contributed by atoms with Gasteiger partial charge >= 0.3 is 0 Å². The van der Waals surface area contributed by atoms with Crippen molar-refractivity contribution in [1.82, 2.24) is 15.2 Å². The first kappa shape index (κ1) is 37.4. The molecule has 50 heavy (non-hydrogen) atoms. The van der Waals surface area contributed by atoms with Gasteiger partial charge in [-0.15, -0.1) is 0 Å². The highest BCUT2D eigenvalue weighted by molar-refractivity contribution is 6.33. The summed E-state index contributed by atoms with van der Waals surface area (Å²) in [5, 5.41) is 21.2. The maximum atomic E-state index is 12.8. The molecule has 9 nitrogen and oxygen atoms in total. The third kappa shape index (κ3) is 9.48. The third-order valence-electron chi connectivity index (χ3n) is 10.5. The van der Waals surface area contributed by atoms with Gasteiger partial charge in [-0.25, -0.2) is 0 Å². The smallest absolute Gasteiger partial charge is 0.248 e. The molecule has 1 spiro atoms. The average molecular weight is 701 g/mol. The number of carbonyl (C=O) groups is 1. The topological polar surface area (TPSA) is 112 Å². The highest BCUT2D eigenvalue weighted by Gasteiger charge is 2.42. The zero-order chi connectivity index (χ0) is 35.5. The number of nitrogens with one attached hydrogen (secondary N) is 3. The molecule has 0 radical (unpaired) electrons. The van der Waals surface area contributed by atoms with Crippen LogP contribution in [-0.2, 0) is 4.79 Å². The Morgan fingerprint density at radius 1 is 1.08 bits per heavy atom. The predicted molar refractivity (Wildman–Crippen MR) is 204 cm³/mol. The van der Waals surface area contributed by atoms with Gasteiger partial charge in [0.2, 0.25) is 5.91 Å². The number of nitrogens with zero attached hydrogens (tertiary/aromatic N) is 3. The molecule has 2 unspecified atom stereocenters. The Morgan fingerprint density at radius 2 is 1.82 bits per heavy atom. The molecule has 3 aromatic rings. The molecule has 2 aliphatic rings. The lowest BCUT2D eigenvalue weighted by atomic mass is 9.62. The van der Waals surface area contributed by atoms with Crippen LogP contribution >= 0.6 is 11.6 Å². The zero-order valence-corrected chi connectivity index (χ0v) is 30.9. The highest BCUT2D eigenvalue weighted by Crippen LogP contribution is 2.46. The summed E-state index contributed by atoms with van der Waals surface area (Å²) in [6.45, 7) is 6.97. The van der Waals surface area contributed by atoms with Crippen LogP contribution in [0.25, 0.3) is 10.9 Å². The molecule has 1 saturated heterocycles. The number of fused-ring (bicyclic) bond motifs is 1. The van der Waals surface area contributed by atoms with Crippen molar-refractivity contribution in [2.75, 3.05) is 51.0 Å². The molecular weight excluding hydrogens is 648 g/mol. The molecule has 1 aromatic heterocycles. The first-order valence-electron chi connectivity index (χ1n) is 18.3. The van der Waals surface area contributed by atoms with Crippen LogP contribution in [-0.4, -0.2) is 62.2 Å². The second-order valence-corrected chi connectivity index (χ2v) is 14.5. The molecule has 5 rings (SSSR count). The van der Waals surface area contributed by atoms with Gasteiger partial charge in [0.25, 0.3) is 0 Å². The molecule has 1 aliphatic heterocycles. The van der Waals surface area contributed by atoms with Crippen LogP contribution in [0.15, 0.2) is 48.7 Å². The summed E-state index contributed by atoms with van der Waals surface area (Å²) in [6.07, 6.45) is 18.2. The number of pyridine rings is 1. The van der Waals surface area contributed by atoms with Gasteiger partial charge in [0, 0.05) is 42.4 Å². The minimum atomic E-state index is -0.284. The van der Waals surface area contributed by atoms with E-state index in [0.29, 0.717) is 81.1 Å². The lowest BCUT2D eigenvalue weighted by Crippen LogP contribution is -2.53. The first-order chi connectivity index (χ1) is 24.2. The minimum Gasteiger partial charge on any atom is -0.492 e. The van der Waals surface area contributed by atoms with Gasteiger partial charge in [-0.3, -0.25) is 9.78 Å². The monoisotopic (exact) mass is 700 g/mol. The number of halogens is 1. The molecule has 1 saturated carbocycles. The number of piperidine rings is 1. The number of carbonyl (C=O) groups excluding carboxylic acids is 1. The second-order valence-electron chi connectivity index (χ2n) is 14.1. The van der Waals surface area contributed by atoms with Gasteiger partial charge in [0.15, 0.2) is 0 Å². The van der Waals surface area contributed by atoms with Crippen LogP contribution in [0.1, 0.15) is 83.6 Å². The van der Waals surface area contributed by atoms with Gasteiger partial charge < -0.3 is 30.3 Å². The molecule has 10 heteroatoms. The van der Waals surface area contributed by atoms with E-state index in [1.807, 2.05) is 44.1 Å². The molecule has 2 aromatic carbocycles. The van der Waals surface area contributed by atoms with Gasteiger partial charge in [0.1, 0.15) is 24.2 Å². The minimum absolute atomic E-state index is 0.282. The van der Waals surface area contributed by atoms with Crippen molar-refractivity contribution in [3.05, 3.63) is 59.3 Å². The molecule has 2 heterocycles. The van der Waals surface area contributed by atoms with Crippen molar-refractivity contribution in [2.45, 2.75) is 84.1 Å². The van der Waals surface area contributed by atoms with Crippen LogP contribution < -0.4 is 25.4 Å². The summed E-state index contributed by atoms with van der Waals surface area (Å²) in [7, 11) is 3.87. The number of amides is 1. The summed E-state index contributed by atoms with van der Waals surface area (Å²) >= 11 is 6.85. The van der Waals surface area contributed by atoms with E-state index < -0.39 is 0 Å². The summed E-state index contributed by atoms with van der Waals surface area (Å²) in [5.41, 5.74) is 2.97. The molecule has 0 bridgehead atoms. The van der Waals surface area contributed by atoms with Crippen LogP contribution in [0.3, 0.4) is 0 Å². The Hall–Kier alpha value is -3.84. The Labute approximate surface area is 302 Å². The number of aromatic nitrogens is 1. The van der Waals surface area contributed by atoms with Crippen molar-refractivity contribution in [1.29, 1.82) is 5.26 Å². The van der Waals surface area contributed by atoms with Gasteiger partial charge in [-0.05, 0) is 76.4 Å². The summed E-state index contributed by atoms with van der Waals surface area (Å²) in [4.78, 5) is 19.3. The zero-order valence-electron chi connectivity index (χ0n) is 30.1. The summed E-state index contributed by atoms with van der Waals surface area (Å²) in [5.74, 6) is 1.44. The fourth-order valence-electron chi connectivity index (χ4n) is 7.57. The van der Waals surface area contributed by atoms with Gasteiger partial charge in [-0.2, -0.15) is 5.26 Å². The van der Waals surface area contributed by atoms with Crippen LogP contribution in [0.2, 0.25) is 5.02 Å². The van der Waals surface area contributed by atoms with Gasteiger partial charge in [-0.1, -0.05) is 69.5 Å². The largest absolute Gasteiger partial charge is 0.492 e. The maximum absolute atomic E-state index is 12.8. The van der Waals surface area contributed by atoms with Crippen LogP contribution in [0.5, 0.6) is 11.5 Å². The summed E-state index contributed by atoms with van der Waals surface area (Å²) < 4.78 is 12.2. The Bertz CT molecular complexity index is 1680. The van der Waals surface area contributed by atoms with E-state index in [1.165, 1.54) is 76.5 Å². The SMILES string of the molecule is CCOc1cc2ncc(C#N)c(Nc3ccc(OCC4NCCC5(CCCCCCCCC5)C4C)cc3Cl)c2cc1NC(=O)/C=C/CN(C)C. The highest BCUT2D eigenvalue weighted by atomic mass is 35.5. The Balaban J connectivity index is 1.33. The fraction of sp³-hybridized carbons (Fsp3) is 0.525. The normalized spacial score (nSPS) is 19.7. The van der Waals surface area contributed by atoms with Crippen LogP contribution in [0, 0.1) is 22.7 Å². The van der Waals surface area contributed by atoms with E-state index in [2.05, 4.69) is 33.9 Å². The number of hydrogen-bond donors (Lipinski definition) is 3. The van der Waals surface area contributed by atoms with E-state index >= 15 is 0 Å². The van der Waals surface area contributed by atoms with Crippen molar-refractivity contribution in [3.63, 3.8) is 0 Å². The molecular formula is C40H53ClN6O3. The molecule has 1 amide bonds. The molecule has 2 atom stereocenters. The Kier molecular flexibility index (Phi) is 13.4. The van der Waals surface area contributed by atoms with E-state index in [0.717, 1.165) is 6.54 Å². The van der Waals surface area contributed by atoms with E-state index in [4.69, 9.17) is 21.1 Å². The third-order valence-corrected chi connectivity index (χ3v) is 10.8. The van der Waals surface area contributed by atoms with Crippen molar-refractivity contribution < 1.29 is 14.3 Å². The quantitative estimate of drug-likeness (QED) is 0.170. The fourth-order valence-corrected chi connectivity index (χ4v) is 7.79. The van der Waals surface area contributed by atoms with E-state index in [1.54, 1.807) is 18.2 Å². The molecule has 268 valence electrons. The first-order valence-corrected chi connectivity index (χ1v) is 18.7. The maximum Gasteiger partial charge on any atom is 0.248 e. The average Bonchev–Trinajstić information content (AvgIpc) is 3.09. The summed E-state index contributed by atoms with van der Waals surface area (Å²) in [6, 6.07) is 11.7. The number of anilines is 3. The number of likely N-dealkylation sites (N-methyl/N-ethyl adjacent to an activating group) is 1. The number of rotatable bonds is 11. The van der Waals surface area contributed by atoms with E-state index in [-0.39, 0.29) is 11.9 Å². The lowest BCUT2D eigenvalue weighted by Gasteiger charge is -2.48. The van der Waals surface area contributed by atoms with Gasteiger partial charge in [0.05, 0.1) is 39.8 Å². The number of nitriles is 1. The number of ether oxygens (including phenoxy) is 2. The second kappa shape index (κ2) is 17.9. The standard InChI is InChI=1S/C40H53ClN6O3/c1-5-49-37-24-34-31(23-35(37)45-38(48)14-13-21-47(3)4)39(29(25-42)26-44-34)46-33-16-15-30(22-32(33)41)50-27-36-28(2)40(19-20-43-36)17-11-9-7-6-8-10-12-18-40/h13-16,22-24,26,28,36,43H,5-12,17-21,27H2,1-4H3,(H,44,46)(H,45,48)/b14-13+. The van der Waals surface area contributed by atoms with Crippen molar-refractivity contribution in [3.8, 4) is 17.6 Å². The number of benzene rings is 2. The van der Waals surface area contributed by atoms with E-state index in [9.17, 15) is 10.1 Å².